The zero-order valence-corrected chi connectivity index (χ0v) is 12.0. The lowest BCUT2D eigenvalue weighted by molar-refractivity contribution is 0.0687. The summed E-state index contributed by atoms with van der Waals surface area (Å²) in [4.78, 5) is 15.4. The van der Waals surface area contributed by atoms with Crippen molar-refractivity contribution in [2.75, 3.05) is 19.6 Å². The highest BCUT2D eigenvalue weighted by Gasteiger charge is 2.24. The second-order valence-corrected chi connectivity index (χ2v) is 6.06. The minimum Gasteiger partial charge on any atom is -0.337 e. The number of piperidine rings is 1. The summed E-state index contributed by atoms with van der Waals surface area (Å²) in [5, 5.41) is 9.10. The molecule has 0 aromatic carbocycles. The fourth-order valence-electron chi connectivity index (χ4n) is 2.52. The number of hydrogen-bond acceptors (Lipinski definition) is 4. The molecule has 6 heteroatoms. The number of nitrogens with one attached hydrogen (secondary N) is 1. The molecule has 3 N–H and O–H groups in total. The summed E-state index contributed by atoms with van der Waals surface area (Å²) in [6.07, 6.45) is 1.98. The summed E-state index contributed by atoms with van der Waals surface area (Å²) >= 11 is 1.63. The second-order valence-electron chi connectivity index (χ2n) is 5.12. The van der Waals surface area contributed by atoms with Gasteiger partial charge in [0.15, 0.2) is 5.69 Å². The summed E-state index contributed by atoms with van der Waals surface area (Å²) in [6.45, 7) is 2.27. The number of rotatable bonds is 3. The van der Waals surface area contributed by atoms with Crippen LogP contribution in [0.1, 0.15) is 23.3 Å². The van der Waals surface area contributed by atoms with Crippen LogP contribution in [0.5, 0.6) is 0 Å². The van der Waals surface area contributed by atoms with Crippen LogP contribution in [-0.4, -0.2) is 40.6 Å². The topological polar surface area (TPSA) is 75.0 Å². The van der Waals surface area contributed by atoms with E-state index in [9.17, 15) is 4.79 Å². The van der Waals surface area contributed by atoms with Gasteiger partial charge in [0.25, 0.3) is 5.91 Å². The smallest absolute Gasteiger partial charge is 0.274 e. The number of H-pyrrole nitrogens is 1. The van der Waals surface area contributed by atoms with Crippen LogP contribution in [0, 0.1) is 5.92 Å². The van der Waals surface area contributed by atoms with E-state index >= 15 is 0 Å². The van der Waals surface area contributed by atoms with Crippen molar-refractivity contribution in [3.8, 4) is 10.6 Å². The number of nitrogens with zero attached hydrogens (tertiary/aromatic N) is 2. The van der Waals surface area contributed by atoms with Gasteiger partial charge >= 0.3 is 0 Å². The minimum atomic E-state index is 0.0135. The van der Waals surface area contributed by atoms with Crippen molar-refractivity contribution in [2.24, 2.45) is 11.7 Å². The summed E-state index contributed by atoms with van der Waals surface area (Å²) in [5.41, 5.74) is 7.08. The molecular weight excluding hydrogens is 272 g/mol. The third kappa shape index (κ3) is 2.62. The first-order valence-electron chi connectivity index (χ1n) is 6.86. The van der Waals surface area contributed by atoms with Gasteiger partial charge < -0.3 is 10.6 Å². The SMILES string of the molecule is NCC1CCN(C(=O)c2cc(-c3cccs3)[nH]n2)CC1. The van der Waals surface area contributed by atoms with Crippen molar-refractivity contribution < 1.29 is 4.79 Å². The Morgan fingerprint density at radius 3 is 2.95 bits per heavy atom. The number of hydrogen-bond donors (Lipinski definition) is 2. The molecule has 1 aliphatic rings. The molecule has 20 heavy (non-hydrogen) atoms. The van der Waals surface area contributed by atoms with Crippen LogP contribution in [0.3, 0.4) is 0 Å². The summed E-state index contributed by atoms with van der Waals surface area (Å²) in [6, 6.07) is 5.84. The van der Waals surface area contributed by atoms with Crippen molar-refractivity contribution in [1.29, 1.82) is 0 Å². The van der Waals surface area contributed by atoms with Crippen LogP contribution in [-0.2, 0) is 0 Å². The molecule has 0 saturated carbocycles. The van der Waals surface area contributed by atoms with Gasteiger partial charge in [0, 0.05) is 13.1 Å². The van der Waals surface area contributed by atoms with E-state index in [2.05, 4.69) is 10.2 Å². The predicted octanol–water partition coefficient (Wildman–Crippen LogP) is 1.95. The Morgan fingerprint density at radius 1 is 1.50 bits per heavy atom. The molecule has 0 spiro atoms. The second kappa shape index (κ2) is 5.76. The zero-order chi connectivity index (χ0) is 13.9. The first kappa shape index (κ1) is 13.3. The van der Waals surface area contributed by atoms with Crippen molar-refractivity contribution >= 4 is 17.2 Å². The van der Waals surface area contributed by atoms with E-state index in [-0.39, 0.29) is 5.91 Å². The van der Waals surface area contributed by atoms with Crippen molar-refractivity contribution in [2.45, 2.75) is 12.8 Å². The number of amides is 1. The molecular formula is C14H18N4OS. The molecule has 0 atom stereocenters. The number of aromatic amines is 1. The lowest BCUT2D eigenvalue weighted by Gasteiger charge is -2.30. The van der Waals surface area contributed by atoms with E-state index < -0.39 is 0 Å². The molecule has 0 aliphatic carbocycles. The molecule has 106 valence electrons. The van der Waals surface area contributed by atoms with Gasteiger partial charge in [-0.1, -0.05) is 6.07 Å². The quantitative estimate of drug-likeness (QED) is 0.907. The van der Waals surface area contributed by atoms with Crippen LogP contribution >= 0.6 is 11.3 Å². The zero-order valence-electron chi connectivity index (χ0n) is 11.2. The predicted molar refractivity (Wildman–Crippen MR) is 79.6 cm³/mol. The number of carbonyl (C=O) groups excluding carboxylic acids is 1. The standard InChI is InChI=1S/C14H18N4OS/c15-9-10-3-5-18(6-4-10)14(19)12-8-11(16-17-12)13-2-1-7-20-13/h1-2,7-8,10H,3-6,9,15H2,(H,16,17). The molecule has 2 aromatic rings. The monoisotopic (exact) mass is 290 g/mol. The van der Waals surface area contributed by atoms with Gasteiger partial charge in [-0.05, 0) is 42.8 Å². The molecule has 0 radical (unpaired) electrons. The van der Waals surface area contributed by atoms with Crippen LogP contribution in [0.4, 0.5) is 0 Å². The summed E-state index contributed by atoms with van der Waals surface area (Å²) < 4.78 is 0. The Bertz CT molecular complexity index is 570. The van der Waals surface area contributed by atoms with Gasteiger partial charge in [-0.25, -0.2) is 0 Å². The Kier molecular flexibility index (Phi) is 3.84. The lowest BCUT2D eigenvalue weighted by Crippen LogP contribution is -2.40. The number of aromatic nitrogens is 2. The van der Waals surface area contributed by atoms with E-state index in [0.717, 1.165) is 36.5 Å². The number of carbonyl (C=O) groups is 1. The number of nitrogens with two attached hydrogens (primary N) is 1. The first-order valence-corrected chi connectivity index (χ1v) is 7.74. The Hall–Kier alpha value is -1.66. The first-order chi connectivity index (χ1) is 9.78. The van der Waals surface area contributed by atoms with E-state index in [1.807, 2.05) is 28.5 Å². The highest BCUT2D eigenvalue weighted by Crippen LogP contribution is 2.24. The highest BCUT2D eigenvalue weighted by atomic mass is 32.1. The van der Waals surface area contributed by atoms with E-state index in [1.54, 1.807) is 11.3 Å². The molecule has 0 unspecified atom stereocenters. The van der Waals surface area contributed by atoms with Crippen LogP contribution in [0.2, 0.25) is 0 Å². The van der Waals surface area contributed by atoms with Gasteiger partial charge in [-0.15, -0.1) is 11.3 Å². The Labute approximate surface area is 121 Å². The van der Waals surface area contributed by atoms with Crippen molar-refractivity contribution in [3.63, 3.8) is 0 Å². The molecule has 3 rings (SSSR count). The number of likely N-dealkylation sites (tertiary alicyclic amines) is 1. The Balaban J connectivity index is 1.69. The lowest BCUT2D eigenvalue weighted by atomic mass is 9.97. The van der Waals surface area contributed by atoms with E-state index in [0.29, 0.717) is 18.2 Å². The maximum Gasteiger partial charge on any atom is 0.274 e. The summed E-state index contributed by atoms with van der Waals surface area (Å²) in [7, 11) is 0. The molecule has 1 amide bonds. The maximum atomic E-state index is 12.4. The molecule has 1 saturated heterocycles. The van der Waals surface area contributed by atoms with Gasteiger partial charge in [0.1, 0.15) is 0 Å². The average Bonchev–Trinajstić information content (AvgIpc) is 3.17. The van der Waals surface area contributed by atoms with E-state index in [4.69, 9.17) is 5.73 Å². The molecule has 0 bridgehead atoms. The van der Waals surface area contributed by atoms with Crippen molar-refractivity contribution in [1.82, 2.24) is 15.1 Å². The molecule has 2 aromatic heterocycles. The van der Waals surface area contributed by atoms with Crippen LogP contribution in [0.25, 0.3) is 10.6 Å². The average molecular weight is 290 g/mol. The van der Waals surface area contributed by atoms with Gasteiger partial charge in [-0.2, -0.15) is 5.10 Å². The maximum absolute atomic E-state index is 12.4. The third-order valence-electron chi connectivity index (χ3n) is 3.82. The normalized spacial score (nSPS) is 16.6. The molecule has 1 aliphatic heterocycles. The third-order valence-corrected chi connectivity index (χ3v) is 4.72. The largest absolute Gasteiger partial charge is 0.337 e. The minimum absolute atomic E-state index is 0.0135. The van der Waals surface area contributed by atoms with Crippen molar-refractivity contribution in [3.05, 3.63) is 29.3 Å². The Morgan fingerprint density at radius 2 is 2.30 bits per heavy atom. The van der Waals surface area contributed by atoms with Gasteiger partial charge in [0.05, 0.1) is 10.6 Å². The van der Waals surface area contributed by atoms with Crippen LogP contribution in [0.15, 0.2) is 23.6 Å². The van der Waals surface area contributed by atoms with E-state index in [1.165, 1.54) is 0 Å². The summed E-state index contributed by atoms with van der Waals surface area (Å²) in [5.74, 6) is 0.569. The highest BCUT2D eigenvalue weighted by molar-refractivity contribution is 7.13. The fraction of sp³-hybridized carbons (Fsp3) is 0.429. The fourth-order valence-corrected chi connectivity index (χ4v) is 3.22. The van der Waals surface area contributed by atoms with Crippen LogP contribution < -0.4 is 5.73 Å². The molecule has 5 nitrogen and oxygen atoms in total. The number of thiophene rings is 1. The van der Waals surface area contributed by atoms with Gasteiger partial charge in [0.2, 0.25) is 0 Å². The van der Waals surface area contributed by atoms with Gasteiger partial charge in [-0.3, -0.25) is 9.89 Å². The molecule has 1 fully saturated rings. The molecule has 3 heterocycles.